The third-order valence-corrected chi connectivity index (χ3v) is 3.74. The summed E-state index contributed by atoms with van der Waals surface area (Å²) in [6, 6.07) is 4.82. The Labute approximate surface area is 128 Å². The summed E-state index contributed by atoms with van der Waals surface area (Å²) in [5.74, 6) is 0.0201. The molecule has 1 aromatic carbocycles. The van der Waals surface area contributed by atoms with Gasteiger partial charge in [0.05, 0.1) is 6.61 Å². The molecule has 1 unspecified atom stereocenters. The van der Waals surface area contributed by atoms with Crippen molar-refractivity contribution >= 4 is 0 Å². The van der Waals surface area contributed by atoms with Crippen LogP contribution in [0.25, 0.3) is 0 Å². The van der Waals surface area contributed by atoms with Crippen LogP contribution in [0, 0.1) is 5.82 Å². The number of halogens is 1. The Morgan fingerprint density at radius 3 is 2.24 bits per heavy atom. The van der Waals surface area contributed by atoms with Crippen LogP contribution in [0.3, 0.4) is 0 Å². The normalized spacial score (nSPS) is 12.4. The SMILES string of the molecule is CCCCCCCCCCOc1ccc(C(C)N)cc1F. The fourth-order valence-electron chi connectivity index (χ4n) is 2.34. The van der Waals surface area contributed by atoms with E-state index in [0.717, 1.165) is 18.4 Å². The predicted octanol–water partition coefficient (Wildman–Crippen LogP) is 5.36. The molecule has 0 aliphatic heterocycles. The second kappa shape index (κ2) is 10.6. The van der Waals surface area contributed by atoms with Gasteiger partial charge in [0.15, 0.2) is 11.6 Å². The number of hydrogen-bond acceptors (Lipinski definition) is 2. The first kappa shape index (κ1) is 18.0. The van der Waals surface area contributed by atoms with Gasteiger partial charge in [-0.25, -0.2) is 4.39 Å². The van der Waals surface area contributed by atoms with E-state index < -0.39 is 0 Å². The molecule has 3 heteroatoms. The van der Waals surface area contributed by atoms with Crippen LogP contribution in [0.5, 0.6) is 5.75 Å². The van der Waals surface area contributed by atoms with E-state index in [2.05, 4.69) is 6.92 Å². The molecule has 0 heterocycles. The van der Waals surface area contributed by atoms with Gasteiger partial charge in [0.2, 0.25) is 0 Å². The highest BCUT2D eigenvalue weighted by Crippen LogP contribution is 2.21. The van der Waals surface area contributed by atoms with E-state index >= 15 is 0 Å². The summed E-state index contributed by atoms with van der Waals surface area (Å²) >= 11 is 0. The number of hydrogen-bond donors (Lipinski definition) is 1. The molecule has 0 radical (unpaired) electrons. The first-order valence-electron chi connectivity index (χ1n) is 8.33. The lowest BCUT2D eigenvalue weighted by Crippen LogP contribution is -2.06. The molecule has 0 saturated heterocycles. The summed E-state index contributed by atoms with van der Waals surface area (Å²) in [6.45, 7) is 4.66. The minimum Gasteiger partial charge on any atom is -0.491 e. The molecule has 21 heavy (non-hydrogen) atoms. The Balaban J connectivity index is 2.13. The third kappa shape index (κ3) is 7.47. The lowest BCUT2D eigenvalue weighted by molar-refractivity contribution is 0.289. The van der Waals surface area contributed by atoms with E-state index in [0.29, 0.717) is 12.4 Å². The minimum absolute atomic E-state index is 0.152. The fourth-order valence-corrected chi connectivity index (χ4v) is 2.34. The quantitative estimate of drug-likeness (QED) is 0.557. The van der Waals surface area contributed by atoms with Crippen LogP contribution in [0.2, 0.25) is 0 Å². The van der Waals surface area contributed by atoms with Gasteiger partial charge in [-0.2, -0.15) is 0 Å². The molecule has 0 aromatic heterocycles. The summed E-state index contributed by atoms with van der Waals surface area (Å²) in [4.78, 5) is 0. The molecule has 120 valence electrons. The topological polar surface area (TPSA) is 35.2 Å². The van der Waals surface area contributed by atoms with Crippen molar-refractivity contribution in [2.45, 2.75) is 71.3 Å². The van der Waals surface area contributed by atoms with Crippen molar-refractivity contribution in [2.24, 2.45) is 5.73 Å². The Hall–Kier alpha value is -1.09. The van der Waals surface area contributed by atoms with Crippen LogP contribution in [0.1, 0.15) is 76.8 Å². The van der Waals surface area contributed by atoms with Gasteiger partial charge in [-0.3, -0.25) is 0 Å². The van der Waals surface area contributed by atoms with Crippen molar-refractivity contribution in [3.8, 4) is 5.75 Å². The standard InChI is InChI=1S/C18H30FNO/c1-3-4-5-6-7-8-9-10-13-21-18-12-11-16(15(2)20)14-17(18)19/h11-12,14-15H,3-10,13,20H2,1-2H3. The fraction of sp³-hybridized carbons (Fsp3) is 0.667. The van der Waals surface area contributed by atoms with Crippen LogP contribution in [0.4, 0.5) is 4.39 Å². The van der Waals surface area contributed by atoms with Gasteiger partial charge >= 0.3 is 0 Å². The highest BCUT2D eigenvalue weighted by molar-refractivity contribution is 5.30. The molecule has 2 nitrogen and oxygen atoms in total. The van der Waals surface area contributed by atoms with E-state index in [4.69, 9.17) is 10.5 Å². The summed E-state index contributed by atoms with van der Waals surface area (Å²) in [5.41, 5.74) is 6.52. The zero-order chi connectivity index (χ0) is 15.5. The summed E-state index contributed by atoms with van der Waals surface area (Å²) in [6.07, 6.45) is 10.0. The van der Waals surface area contributed by atoms with E-state index in [1.54, 1.807) is 6.07 Å². The van der Waals surface area contributed by atoms with Gasteiger partial charge < -0.3 is 10.5 Å². The Morgan fingerprint density at radius 2 is 1.67 bits per heavy atom. The molecule has 1 aromatic rings. The van der Waals surface area contributed by atoms with Gasteiger partial charge in [-0.1, -0.05) is 57.9 Å². The largest absolute Gasteiger partial charge is 0.491 e. The smallest absolute Gasteiger partial charge is 0.165 e. The van der Waals surface area contributed by atoms with Gasteiger partial charge in [0.1, 0.15) is 0 Å². The molecule has 0 spiro atoms. The van der Waals surface area contributed by atoms with Crippen molar-refractivity contribution < 1.29 is 9.13 Å². The van der Waals surface area contributed by atoms with E-state index in [-0.39, 0.29) is 11.9 Å². The summed E-state index contributed by atoms with van der Waals surface area (Å²) in [5, 5.41) is 0. The van der Waals surface area contributed by atoms with E-state index in [9.17, 15) is 4.39 Å². The number of ether oxygens (including phenoxy) is 1. The molecular formula is C18H30FNO. The van der Waals surface area contributed by atoms with E-state index in [1.807, 2.05) is 13.0 Å². The molecule has 2 N–H and O–H groups in total. The molecule has 0 aliphatic carbocycles. The second-order valence-corrected chi connectivity index (χ2v) is 5.80. The Morgan fingerprint density at radius 1 is 1.05 bits per heavy atom. The van der Waals surface area contributed by atoms with Gasteiger partial charge in [-0.05, 0) is 31.0 Å². The molecule has 0 amide bonds. The van der Waals surface area contributed by atoms with Crippen LogP contribution in [-0.2, 0) is 0 Å². The molecule has 1 atom stereocenters. The highest BCUT2D eigenvalue weighted by atomic mass is 19.1. The maximum absolute atomic E-state index is 13.8. The van der Waals surface area contributed by atoms with Crippen molar-refractivity contribution in [2.75, 3.05) is 6.61 Å². The first-order valence-corrected chi connectivity index (χ1v) is 8.33. The average molecular weight is 295 g/mol. The Kier molecular flexibility index (Phi) is 9.07. The van der Waals surface area contributed by atoms with Crippen molar-refractivity contribution in [3.05, 3.63) is 29.6 Å². The third-order valence-electron chi connectivity index (χ3n) is 3.74. The number of nitrogens with two attached hydrogens (primary N) is 1. The van der Waals surface area contributed by atoms with Crippen LogP contribution >= 0.6 is 0 Å². The number of benzene rings is 1. The Bertz CT molecular complexity index is 393. The maximum Gasteiger partial charge on any atom is 0.165 e. The minimum atomic E-state index is -0.315. The first-order chi connectivity index (χ1) is 10.1. The van der Waals surface area contributed by atoms with Gasteiger partial charge in [0.25, 0.3) is 0 Å². The zero-order valence-electron chi connectivity index (χ0n) is 13.5. The lowest BCUT2D eigenvalue weighted by atomic mass is 10.1. The molecule has 0 fully saturated rings. The molecule has 0 aliphatic rings. The number of rotatable bonds is 11. The monoisotopic (exact) mass is 295 g/mol. The van der Waals surface area contributed by atoms with Crippen molar-refractivity contribution in [1.82, 2.24) is 0 Å². The average Bonchev–Trinajstić information content (AvgIpc) is 2.46. The van der Waals surface area contributed by atoms with Crippen molar-refractivity contribution in [1.29, 1.82) is 0 Å². The molecule has 1 rings (SSSR count). The molecule has 0 saturated carbocycles. The lowest BCUT2D eigenvalue weighted by Gasteiger charge is -2.10. The highest BCUT2D eigenvalue weighted by Gasteiger charge is 2.07. The van der Waals surface area contributed by atoms with Gasteiger partial charge in [-0.15, -0.1) is 0 Å². The van der Waals surface area contributed by atoms with Crippen LogP contribution < -0.4 is 10.5 Å². The zero-order valence-corrected chi connectivity index (χ0v) is 13.5. The summed E-state index contributed by atoms with van der Waals surface area (Å²) in [7, 11) is 0. The molecule has 0 bridgehead atoms. The summed E-state index contributed by atoms with van der Waals surface area (Å²) < 4.78 is 19.3. The second-order valence-electron chi connectivity index (χ2n) is 5.80. The number of unbranched alkanes of at least 4 members (excludes halogenated alkanes) is 7. The van der Waals surface area contributed by atoms with Gasteiger partial charge in [0, 0.05) is 6.04 Å². The van der Waals surface area contributed by atoms with Crippen LogP contribution in [0.15, 0.2) is 18.2 Å². The van der Waals surface area contributed by atoms with Crippen molar-refractivity contribution in [3.63, 3.8) is 0 Å². The molecular weight excluding hydrogens is 265 g/mol. The maximum atomic E-state index is 13.8. The van der Waals surface area contributed by atoms with E-state index in [1.165, 1.54) is 44.6 Å². The van der Waals surface area contributed by atoms with Crippen LogP contribution in [-0.4, -0.2) is 6.61 Å². The predicted molar refractivity (Wildman–Crippen MR) is 87.1 cm³/mol.